The summed E-state index contributed by atoms with van der Waals surface area (Å²) >= 11 is 8.18. The van der Waals surface area contributed by atoms with Crippen molar-refractivity contribution in [2.75, 3.05) is 6.61 Å². The molecule has 1 heterocycles. The predicted octanol–water partition coefficient (Wildman–Crippen LogP) is 6.61. The normalized spacial score (nSPS) is 11.6. The number of ether oxygens (including phenoxy) is 2. The first-order valence-electron chi connectivity index (χ1n) is 10.2. The number of benzene rings is 2. The minimum Gasteiger partial charge on any atom is -0.482 e. The van der Waals surface area contributed by atoms with E-state index in [-0.39, 0.29) is 11.7 Å². The fourth-order valence-electron chi connectivity index (χ4n) is 3.17. The number of rotatable bonds is 9. The number of aliphatic carboxylic acids is 1. The molecule has 1 N–H and O–H groups in total. The maximum Gasteiger partial charge on any atom is 0.573 e. The van der Waals surface area contributed by atoms with Crippen LogP contribution in [0.25, 0.3) is 5.69 Å². The Kier molecular flexibility index (Phi) is 8.04. The van der Waals surface area contributed by atoms with Crippen molar-refractivity contribution in [3.8, 4) is 17.2 Å². The van der Waals surface area contributed by atoms with Gasteiger partial charge in [-0.3, -0.25) is 0 Å². The van der Waals surface area contributed by atoms with Gasteiger partial charge in [-0.15, -0.1) is 24.9 Å². The Morgan fingerprint density at radius 1 is 1.21 bits per heavy atom. The summed E-state index contributed by atoms with van der Waals surface area (Å²) < 4.78 is 47.9. The second-order valence-electron chi connectivity index (χ2n) is 7.66. The lowest BCUT2D eigenvalue weighted by Gasteiger charge is -2.10. The summed E-state index contributed by atoms with van der Waals surface area (Å²) in [7, 11) is 0. The van der Waals surface area contributed by atoms with E-state index in [1.54, 1.807) is 6.07 Å². The monoisotopic (exact) mass is 514 g/mol. The van der Waals surface area contributed by atoms with E-state index in [2.05, 4.69) is 9.84 Å². The first-order valence-corrected chi connectivity index (χ1v) is 11.5. The van der Waals surface area contributed by atoms with Gasteiger partial charge < -0.3 is 14.6 Å². The average molecular weight is 515 g/mol. The van der Waals surface area contributed by atoms with Crippen LogP contribution in [0.1, 0.15) is 36.6 Å². The molecular formula is C23H22ClF3N2O4S. The highest BCUT2D eigenvalue weighted by Crippen LogP contribution is 2.35. The first-order chi connectivity index (χ1) is 15.9. The van der Waals surface area contributed by atoms with Gasteiger partial charge in [0.25, 0.3) is 0 Å². The molecule has 3 rings (SSSR count). The summed E-state index contributed by atoms with van der Waals surface area (Å²) in [6.45, 7) is 5.38. The predicted molar refractivity (Wildman–Crippen MR) is 123 cm³/mol. The minimum atomic E-state index is -4.76. The Bertz CT molecular complexity index is 1160. The molecule has 0 atom stereocenters. The number of aryl methyl sites for hydroxylation is 1. The molecule has 0 aliphatic rings. The van der Waals surface area contributed by atoms with Crippen molar-refractivity contribution in [2.24, 2.45) is 0 Å². The van der Waals surface area contributed by atoms with E-state index in [0.717, 1.165) is 21.7 Å². The Morgan fingerprint density at radius 2 is 1.88 bits per heavy atom. The average Bonchev–Trinajstić information content (AvgIpc) is 3.07. The van der Waals surface area contributed by atoms with E-state index in [0.29, 0.717) is 22.3 Å². The van der Waals surface area contributed by atoms with Gasteiger partial charge in [-0.2, -0.15) is 5.10 Å². The Morgan fingerprint density at radius 3 is 2.44 bits per heavy atom. The number of aromatic nitrogens is 2. The number of halogens is 4. The molecule has 0 radical (unpaired) electrons. The number of thioether (sulfide) groups is 1. The second-order valence-corrected chi connectivity index (χ2v) is 9.07. The number of nitrogens with zero attached hydrogens (tertiary/aromatic N) is 2. The van der Waals surface area contributed by atoms with Crippen LogP contribution in [0, 0.1) is 6.92 Å². The van der Waals surface area contributed by atoms with Gasteiger partial charge in [-0.1, -0.05) is 25.4 Å². The van der Waals surface area contributed by atoms with Crippen molar-refractivity contribution in [3.63, 3.8) is 0 Å². The molecule has 0 saturated carbocycles. The van der Waals surface area contributed by atoms with Crippen LogP contribution in [-0.4, -0.2) is 33.8 Å². The Labute approximate surface area is 203 Å². The maximum absolute atomic E-state index is 12.4. The summed E-state index contributed by atoms with van der Waals surface area (Å²) in [5.41, 5.74) is 2.92. The summed E-state index contributed by atoms with van der Waals surface area (Å²) in [6.07, 6.45) is -4.76. The number of carboxylic acids is 1. The molecule has 3 aromatic rings. The van der Waals surface area contributed by atoms with Gasteiger partial charge in [0, 0.05) is 16.2 Å². The smallest absolute Gasteiger partial charge is 0.482 e. The summed E-state index contributed by atoms with van der Waals surface area (Å²) in [5.74, 6) is -0.302. The number of hydrogen-bond acceptors (Lipinski definition) is 5. The van der Waals surface area contributed by atoms with E-state index in [1.165, 1.54) is 40.7 Å². The molecule has 0 fully saturated rings. The topological polar surface area (TPSA) is 73.6 Å². The van der Waals surface area contributed by atoms with E-state index in [4.69, 9.17) is 21.4 Å². The Balaban J connectivity index is 1.80. The van der Waals surface area contributed by atoms with Crippen molar-refractivity contribution in [3.05, 3.63) is 64.4 Å². The quantitative estimate of drug-likeness (QED) is 0.324. The van der Waals surface area contributed by atoms with Crippen molar-refractivity contribution in [1.29, 1.82) is 0 Å². The zero-order valence-electron chi connectivity index (χ0n) is 18.5. The van der Waals surface area contributed by atoms with Crippen LogP contribution in [0.5, 0.6) is 11.5 Å². The lowest BCUT2D eigenvalue weighted by atomic mass is 10.1. The minimum absolute atomic E-state index is 0.0655. The number of alkyl halides is 3. The largest absolute Gasteiger partial charge is 0.573 e. The van der Waals surface area contributed by atoms with Crippen molar-refractivity contribution < 1.29 is 32.5 Å². The molecule has 182 valence electrons. The SMILES string of the molecule is Cc1cc(SCc2c(C(C)C)nn(-c3ccc(OC(F)(F)F)cc3)c2Cl)ccc1OCC(=O)O. The van der Waals surface area contributed by atoms with Crippen molar-refractivity contribution >= 4 is 29.3 Å². The van der Waals surface area contributed by atoms with Crippen LogP contribution in [0.3, 0.4) is 0 Å². The third-order valence-corrected chi connectivity index (χ3v) is 6.10. The molecule has 0 bridgehead atoms. The fraction of sp³-hybridized carbons (Fsp3) is 0.304. The molecule has 34 heavy (non-hydrogen) atoms. The van der Waals surface area contributed by atoms with E-state index in [9.17, 15) is 18.0 Å². The fourth-order valence-corrected chi connectivity index (χ4v) is 4.57. The van der Waals surface area contributed by atoms with Gasteiger partial charge in [0.15, 0.2) is 6.61 Å². The van der Waals surface area contributed by atoms with Crippen LogP contribution >= 0.6 is 23.4 Å². The zero-order chi connectivity index (χ0) is 25.0. The van der Waals surface area contributed by atoms with E-state index >= 15 is 0 Å². The van der Waals surface area contributed by atoms with Crippen LogP contribution < -0.4 is 9.47 Å². The third kappa shape index (κ3) is 6.60. The summed E-state index contributed by atoms with van der Waals surface area (Å²) in [6, 6.07) is 10.8. The number of carboxylic acid groups (broad SMARTS) is 1. The molecule has 2 aromatic carbocycles. The molecule has 0 unspecified atom stereocenters. The lowest BCUT2D eigenvalue weighted by Crippen LogP contribution is -2.17. The highest BCUT2D eigenvalue weighted by molar-refractivity contribution is 7.98. The number of carbonyl (C=O) groups is 1. The molecule has 1 aromatic heterocycles. The van der Waals surface area contributed by atoms with Crippen molar-refractivity contribution in [1.82, 2.24) is 9.78 Å². The van der Waals surface area contributed by atoms with Crippen LogP contribution in [-0.2, 0) is 10.5 Å². The van der Waals surface area contributed by atoms with Gasteiger partial charge in [0.2, 0.25) is 0 Å². The maximum atomic E-state index is 12.4. The van der Waals surface area contributed by atoms with E-state index < -0.39 is 18.9 Å². The zero-order valence-corrected chi connectivity index (χ0v) is 20.1. The van der Waals surface area contributed by atoms with Crippen LogP contribution in [0.15, 0.2) is 47.4 Å². The third-order valence-electron chi connectivity index (χ3n) is 4.69. The lowest BCUT2D eigenvalue weighted by molar-refractivity contribution is -0.274. The van der Waals surface area contributed by atoms with Crippen molar-refractivity contribution in [2.45, 2.75) is 43.7 Å². The summed E-state index contributed by atoms with van der Waals surface area (Å²) in [5, 5.41) is 13.7. The molecule has 0 aliphatic carbocycles. The molecule has 0 aliphatic heterocycles. The van der Waals surface area contributed by atoms with Gasteiger partial charge in [0.1, 0.15) is 16.7 Å². The van der Waals surface area contributed by atoms with Gasteiger partial charge >= 0.3 is 12.3 Å². The van der Waals surface area contributed by atoms with Crippen LogP contribution in [0.4, 0.5) is 13.2 Å². The molecule has 0 saturated heterocycles. The molecule has 11 heteroatoms. The highest BCUT2D eigenvalue weighted by atomic mass is 35.5. The number of hydrogen-bond donors (Lipinski definition) is 1. The molecule has 0 spiro atoms. The van der Waals surface area contributed by atoms with Gasteiger partial charge in [-0.25, -0.2) is 9.48 Å². The molecule has 6 nitrogen and oxygen atoms in total. The standard InChI is InChI=1S/C23H22ClF3N2O4S/c1-13(2)21-18(12-34-17-8-9-19(14(3)10-17)32-11-20(30)31)22(24)29(28-21)15-4-6-16(7-5-15)33-23(25,26)27/h4-10,13H,11-12H2,1-3H3,(H,30,31). The Hall–Kier alpha value is -2.85. The molecule has 0 amide bonds. The summed E-state index contributed by atoms with van der Waals surface area (Å²) in [4.78, 5) is 11.6. The first kappa shape index (κ1) is 25.8. The van der Waals surface area contributed by atoms with E-state index in [1.807, 2.05) is 32.9 Å². The van der Waals surface area contributed by atoms with Gasteiger partial charge in [0.05, 0.1) is 11.4 Å². The molecular weight excluding hydrogens is 493 g/mol. The second kappa shape index (κ2) is 10.6. The van der Waals surface area contributed by atoms with Gasteiger partial charge in [-0.05, 0) is 60.9 Å². The highest BCUT2D eigenvalue weighted by Gasteiger charge is 2.31. The van der Waals surface area contributed by atoms with Crippen LogP contribution in [0.2, 0.25) is 5.15 Å².